The van der Waals surface area contributed by atoms with Crippen molar-refractivity contribution in [2.24, 2.45) is 0 Å². The van der Waals surface area contributed by atoms with Crippen LogP contribution in [0.5, 0.6) is 0 Å². The van der Waals surface area contributed by atoms with Crippen LogP contribution in [0, 0.1) is 17.0 Å². The lowest BCUT2D eigenvalue weighted by molar-refractivity contribution is -0.385. The van der Waals surface area contributed by atoms with Gasteiger partial charge in [-0.05, 0) is 25.8 Å². The molecule has 1 aromatic rings. The smallest absolute Gasteiger partial charge is 0.273 e. The Morgan fingerprint density at radius 2 is 2.23 bits per heavy atom. The Morgan fingerprint density at radius 3 is 2.86 bits per heavy atom. The summed E-state index contributed by atoms with van der Waals surface area (Å²) in [7, 11) is 0. The highest BCUT2D eigenvalue weighted by Crippen LogP contribution is 2.20. The highest BCUT2D eigenvalue weighted by molar-refractivity contribution is 5.96. The van der Waals surface area contributed by atoms with Crippen LogP contribution in [0.4, 0.5) is 5.69 Å². The van der Waals surface area contributed by atoms with Crippen LogP contribution in [0.2, 0.25) is 0 Å². The van der Waals surface area contributed by atoms with Crippen molar-refractivity contribution in [2.75, 3.05) is 19.6 Å². The average molecular weight is 305 g/mol. The molecule has 1 heterocycles. The van der Waals surface area contributed by atoms with Gasteiger partial charge in [0.25, 0.3) is 11.6 Å². The Labute approximate surface area is 128 Å². The minimum atomic E-state index is -0.495. The Morgan fingerprint density at radius 1 is 1.45 bits per heavy atom. The van der Waals surface area contributed by atoms with Crippen molar-refractivity contribution < 1.29 is 14.5 Å². The Balaban J connectivity index is 1.86. The molecule has 1 aromatic carbocycles. The SMILES string of the molecule is Cc1c(C(=O)NCCCN2CCCC2=O)cccc1[N+](=O)[O-]. The van der Waals surface area contributed by atoms with Crippen molar-refractivity contribution in [3.63, 3.8) is 0 Å². The van der Waals surface area contributed by atoms with Crippen molar-refractivity contribution in [3.05, 3.63) is 39.4 Å². The summed E-state index contributed by atoms with van der Waals surface area (Å²) in [5.74, 6) is -0.158. The zero-order chi connectivity index (χ0) is 16.1. The number of likely N-dealkylation sites (tertiary alicyclic amines) is 1. The number of nitro benzene ring substituents is 1. The molecule has 0 aliphatic carbocycles. The molecule has 0 radical (unpaired) electrons. The lowest BCUT2D eigenvalue weighted by atomic mass is 10.1. The van der Waals surface area contributed by atoms with E-state index in [-0.39, 0.29) is 17.5 Å². The van der Waals surface area contributed by atoms with Crippen LogP contribution in [-0.2, 0) is 4.79 Å². The van der Waals surface area contributed by atoms with E-state index in [1.54, 1.807) is 17.9 Å². The van der Waals surface area contributed by atoms with Crippen molar-refractivity contribution in [1.82, 2.24) is 10.2 Å². The van der Waals surface area contributed by atoms with Crippen LogP contribution < -0.4 is 5.32 Å². The third-order valence-corrected chi connectivity index (χ3v) is 3.81. The molecule has 1 saturated heterocycles. The molecule has 0 saturated carbocycles. The first-order valence-corrected chi connectivity index (χ1v) is 7.30. The second-order valence-corrected chi connectivity index (χ2v) is 5.30. The molecule has 1 N–H and O–H groups in total. The third-order valence-electron chi connectivity index (χ3n) is 3.81. The van der Waals surface area contributed by atoms with Gasteiger partial charge in [-0.15, -0.1) is 0 Å². The maximum atomic E-state index is 12.1. The molecule has 1 aliphatic rings. The van der Waals surface area contributed by atoms with Gasteiger partial charge in [0.15, 0.2) is 0 Å². The van der Waals surface area contributed by atoms with Crippen LogP contribution in [0.25, 0.3) is 0 Å². The topological polar surface area (TPSA) is 92.6 Å². The summed E-state index contributed by atoms with van der Waals surface area (Å²) in [6.07, 6.45) is 2.18. The lowest BCUT2D eigenvalue weighted by Crippen LogP contribution is -2.31. The predicted molar refractivity (Wildman–Crippen MR) is 80.6 cm³/mol. The summed E-state index contributed by atoms with van der Waals surface area (Å²) in [4.78, 5) is 35.7. The summed E-state index contributed by atoms with van der Waals surface area (Å²) < 4.78 is 0. The van der Waals surface area contributed by atoms with Gasteiger partial charge in [0.05, 0.1) is 4.92 Å². The minimum Gasteiger partial charge on any atom is -0.352 e. The van der Waals surface area contributed by atoms with Gasteiger partial charge < -0.3 is 10.2 Å². The third kappa shape index (κ3) is 3.60. The molecule has 118 valence electrons. The number of carbonyl (C=O) groups excluding carboxylic acids is 2. The van der Waals surface area contributed by atoms with E-state index >= 15 is 0 Å². The lowest BCUT2D eigenvalue weighted by Gasteiger charge is -2.15. The number of carbonyl (C=O) groups is 2. The van der Waals surface area contributed by atoms with Gasteiger partial charge in [0.1, 0.15) is 0 Å². The van der Waals surface area contributed by atoms with E-state index in [0.29, 0.717) is 37.1 Å². The van der Waals surface area contributed by atoms with E-state index in [9.17, 15) is 19.7 Å². The second kappa shape index (κ2) is 7.02. The van der Waals surface area contributed by atoms with E-state index in [1.807, 2.05) is 0 Å². The molecule has 0 atom stereocenters. The number of amides is 2. The fourth-order valence-corrected chi connectivity index (χ4v) is 2.57. The number of hydrogen-bond donors (Lipinski definition) is 1. The summed E-state index contributed by atoms with van der Waals surface area (Å²) in [6.45, 7) is 3.42. The Bertz CT molecular complexity index is 600. The Kier molecular flexibility index (Phi) is 5.08. The summed E-state index contributed by atoms with van der Waals surface area (Å²) in [5, 5.41) is 13.6. The van der Waals surface area contributed by atoms with Gasteiger partial charge >= 0.3 is 0 Å². The van der Waals surface area contributed by atoms with E-state index in [4.69, 9.17) is 0 Å². The summed E-state index contributed by atoms with van der Waals surface area (Å²) in [5.41, 5.74) is 0.612. The Hall–Kier alpha value is -2.44. The van der Waals surface area contributed by atoms with Crippen LogP contribution in [0.1, 0.15) is 35.2 Å². The van der Waals surface area contributed by atoms with Crippen molar-refractivity contribution in [3.8, 4) is 0 Å². The monoisotopic (exact) mass is 305 g/mol. The number of rotatable bonds is 6. The van der Waals surface area contributed by atoms with Gasteiger partial charge in [-0.1, -0.05) is 6.07 Å². The molecule has 0 unspecified atom stereocenters. The fourth-order valence-electron chi connectivity index (χ4n) is 2.57. The molecule has 7 nitrogen and oxygen atoms in total. The number of hydrogen-bond acceptors (Lipinski definition) is 4. The number of nitrogens with zero attached hydrogens (tertiary/aromatic N) is 2. The molecule has 0 bridgehead atoms. The maximum absolute atomic E-state index is 12.1. The van der Waals surface area contributed by atoms with Gasteiger partial charge in [0, 0.05) is 43.2 Å². The summed E-state index contributed by atoms with van der Waals surface area (Å²) in [6, 6.07) is 4.45. The molecule has 2 rings (SSSR count). The van der Waals surface area contributed by atoms with Gasteiger partial charge in [0.2, 0.25) is 5.91 Å². The second-order valence-electron chi connectivity index (χ2n) is 5.30. The highest BCUT2D eigenvalue weighted by Gasteiger charge is 2.20. The first-order chi connectivity index (χ1) is 10.5. The van der Waals surface area contributed by atoms with Crippen LogP contribution in [-0.4, -0.2) is 41.3 Å². The molecule has 0 spiro atoms. The van der Waals surface area contributed by atoms with Crippen molar-refractivity contribution in [1.29, 1.82) is 0 Å². The van der Waals surface area contributed by atoms with Crippen molar-refractivity contribution in [2.45, 2.75) is 26.2 Å². The van der Waals surface area contributed by atoms with E-state index in [2.05, 4.69) is 5.32 Å². The van der Waals surface area contributed by atoms with Crippen LogP contribution in [0.15, 0.2) is 18.2 Å². The molecular formula is C15H19N3O4. The molecular weight excluding hydrogens is 286 g/mol. The first-order valence-electron chi connectivity index (χ1n) is 7.30. The van der Waals surface area contributed by atoms with E-state index < -0.39 is 4.92 Å². The molecule has 2 amide bonds. The van der Waals surface area contributed by atoms with Gasteiger partial charge in [-0.25, -0.2) is 0 Å². The zero-order valence-corrected chi connectivity index (χ0v) is 12.5. The standard InChI is InChI=1S/C15H19N3O4/c1-11-12(5-2-6-13(11)18(21)22)15(20)16-8-4-10-17-9-3-7-14(17)19/h2,5-6H,3-4,7-10H2,1H3,(H,16,20). The normalized spacial score (nSPS) is 14.2. The fraction of sp³-hybridized carbons (Fsp3) is 0.467. The molecule has 7 heteroatoms. The van der Waals surface area contributed by atoms with Gasteiger partial charge in [-0.2, -0.15) is 0 Å². The van der Waals surface area contributed by atoms with E-state index in [0.717, 1.165) is 13.0 Å². The highest BCUT2D eigenvalue weighted by atomic mass is 16.6. The first kappa shape index (κ1) is 15.9. The zero-order valence-electron chi connectivity index (χ0n) is 12.5. The van der Waals surface area contributed by atoms with E-state index in [1.165, 1.54) is 12.1 Å². The summed E-state index contributed by atoms with van der Waals surface area (Å²) >= 11 is 0. The van der Waals surface area contributed by atoms with Crippen molar-refractivity contribution >= 4 is 17.5 Å². The predicted octanol–water partition coefficient (Wildman–Crippen LogP) is 1.65. The maximum Gasteiger partial charge on any atom is 0.273 e. The number of nitrogens with one attached hydrogen (secondary N) is 1. The van der Waals surface area contributed by atoms with Crippen LogP contribution in [0.3, 0.4) is 0 Å². The number of nitro groups is 1. The number of benzene rings is 1. The molecule has 1 aliphatic heterocycles. The molecule has 0 aromatic heterocycles. The largest absolute Gasteiger partial charge is 0.352 e. The molecule has 1 fully saturated rings. The average Bonchev–Trinajstić information content (AvgIpc) is 2.88. The van der Waals surface area contributed by atoms with Crippen LogP contribution >= 0.6 is 0 Å². The quantitative estimate of drug-likeness (QED) is 0.491. The minimum absolute atomic E-state index is 0.0599. The molecule has 22 heavy (non-hydrogen) atoms. The van der Waals surface area contributed by atoms with Gasteiger partial charge in [-0.3, -0.25) is 19.7 Å².